The lowest BCUT2D eigenvalue weighted by atomic mass is 10.0. The van der Waals surface area contributed by atoms with Crippen LogP contribution < -0.4 is 4.72 Å². The predicted molar refractivity (Wildman–Crippen MR) is 84.4 cm³/mol. The summed E-state index contributed by atoms with van der Waals surface area (Å²) >= 11 is 0. The Morgan fingerprint density at radius 3 is 2.52 bits per heavy atom. The summed E-state index contributed by atoms with van der Waals surface area (Å²) in [6.45, 7) is 6.10. The van der Waals surface area contributed by atoms with E-state index >= 15 is 0 Å². The molecule has 0 heterocycles. The maximum Gasteiger partial charge on any atom is 0.241 e. The van der Waals surface area contributed by atoms with Crippen molar-refractivity contribution in [3.05, 3.63) is 29.3 Å². The Balaban J connectivity index is 3.07. The summed E-state index contributed by atoms with van der Waals surface area (Å²) in [5.74, 6) is 5.54. The molecule has 4 nitrogen and oxygen atoms in total. The van der Waals surface area contributed by atoms with Crippen LogP contribution in [0.25, 0.3) is 0 Å². The Kier molecular flexibility index (Phi) is 6.90. The number of hydrogen-bond acceptors (Lipinski definition) is 3. The molecule has 0 aliphatic rings. The van der Waals surface area contributed by atoms with Crippen LogP contribution in [-0.4, -0.2) is 26.7 Å². The summed E-state index contributed by atoms with van der Waals surface area (Å²) < 4.78 is 27.5. The molecule has 21 heavy (non-hydrogen) atoms. The fraction of sp³-hybridized carbons (Fsp3) is 0.500. The smallest absolute Gasteiger partial charge is 0.241 e. The minimum atomic E-state index is -3.59. The molecule has 0 aliphatic carbocycles. The largest absolute Gasteiger partial charge is 0.384 e. The number of aliphatic hydroxyl groups is 1. The Hall–Kier alpha value is -1.35. The molecule has 0 fully saturated rings. The summed E-state index contributed by atoms with van der Waals surface area (Å²) in [5.41, 5.74) is 1.34. The molecule has 0 saturated heterocycles. The normalized spacial score (nSPS) is 11.3. The van der Waals surface area contributed by atoms with Gasteiger partial charge in [-0.2, -0.15) is 0 Å². The topological polar surface area (TPSA) is 66.4 Å². The van der Waals surface area contributed by atoms with E-state index in [0.717, 1.165) is 18.4 Å². The van der Waals surface area contributed by atoms with Crippen LogP contribution in [-0.2, 0) is 10.0 Å². The van der Waals surface area contributed by atoms with Gasteiger partial charge in [0.1, 0.15) is 6.61 Å². The van der Waals surface area contributed by atoms with Gasteiger partial charge in [-0.15, -0.1) is 0 Å². The summed E-state index contributed by atoms with van der Waals surface area (Å²) in [5, 5.41) is 8.79. The number of sulfonamides is 1. The lowest BCUT2D eigenvalue weighted by Gasteiger charge is -2.14. The highest BCUT2D eigenvalue weighted by molar-refractivity contribution is 7.89. The van der Waals surface area contributed by atoms with Gasteiger partial charge in [-0.25, -0.2) is 13.1 Å². The summed E-state index contributed by atoms with van der Waals surface area (Å²) in [4.78, 5) is 0.167. The first-order chi connectivity index (χ1) is 9.94. The van der Waals surface area contributed by atoms with Crippen LogP contribution in [0.3, 0.4) is 0 Å². The van der Waals surface area contributed by atoms with Gasteiger partial charge < -0.3 is 5.11 Å². The molecule has 0 bridgehead atoms. The lowest BCUT2D eigenvalue weighted by Crippen LogP contribution is -2.29. The molecule has 116 valence electrons. The zero-order chi connectivity index (χ0) is 15.9. The predicted octanol–water partition coefficient (Wildman–Crippen LogP) is 2.05. The number of rotatable bonds is 6. The van der Waals surface area contributed by atoms with Gasteiger partial charge in [-0.1, -0.05) is 44.6 Å². The van der Waals surface area contributed by atoms with Crippen molar-refractivity contribution in [3.63, 3.8) is 0 Å². The van der Waals surface area contributed by atoms with Crippen LogP contribution in [0, 0.1) is 24.7 Å². The maximum absolute atomic E-state index is 12.4. The van der Waals surface area contributed by atoms with Gasteiger partial charge in [0.05, 0.1) is 4.90 Å². The van der Waals surface area contributed by atoms with E-state index in [0.29, 0.717) is 18.0 Å². The fourth-order valence-corrected chi connectivity index (χ4v) is 3.25. The monoisotopic (exact) mass is 309 g/mol. The van der Waals surface area contributed by atoms with Gasteiger partial charge in [-0.3, -0.25) is 0 Å². The van der Waals surface area contributed by atoms with Gasteiger partial charge in [0, 0.05) is 12.1 Å². The van der Waals surface area contributed by atoms with Crippen molar-refractivity contribution in [2.24, 2.45) is 5.92 Å². The first-order valence-corrected chi connectivity index (χ1v) is 8.63. The average molecular weight is 309 g/mol. The summed E-state index contributed by atoms with van der Waals surface area (Å²) in [6, 6.07) is 5.02. The molecule has 1 rings (SSSR count). The lowest BCUT2D eigenvalue weighted by molar-refractivity contribution is 0.350. The minimum absolute atomic E-state index is 0.167. The first kappa shape index (κ1) is 17.7. The second-order valence-electron chi connectivity index (χ2n) is 4.99. The summed E-state index contributed by atoms with van der Waals surface area (Å²) in [6.07, 6.45) is 1.87. The van der Waals surface area contributed by atoms with E-state index in [1.807, 2.05) is 20.8 Å². The highest BCUT2D eigenvalue weighted by Crippen LogP contribution is 2.17. The van der Waals surface area contributed by atoms with Crippen molar-refractivity contribution in [3.8, 4) is 11.8 Å². The third kappa shape index (κ3) is 5.16. The molecule has 0 radical (unpaired) electrons. The Bertz CT molecular complexity index is 623. The van der Waals surface area contributed by atoms with E-state index < -0.39 is 10.0 Å². The van der Waals surface area contributed by atoms with Crippen molar-refractivity contribution in [1.29, 1.82) is 0 Å². The number of aryl methyl sites for hydroxylation is 1. The molecule has 0 aliphatic heterocycles. The van der Waals surface area contributed by atoms with Crippen LogP contribution in [0.4, 0.5) is 0 Å². The van der Waals surface area contributed by atoms with Crippen LogP contribution in [0.1, 0.15) is 37.8 Å². The standard InChI is InChI=1S/C16H23NO3S/c1-4-14(5-2)12-17-21(19,20)16-9-8-13(3)11-15(16)7-6-10-18/h8-9,11,14,17-18H,4-5,10,12H2,1-3H3. The molecule has 0 spiro atoms. The minimum Gasteiger partial charge on any atom is -0.384 e. The molecule has 2 N–H and O–H groups in total. The number of nitrogens with one attached hydrogen (secondary N) is 1. The van der Waals surface area contributed by atoms with Crippen molar-refractivity contribution in [2.45, 2.75) is 38.5 Å². The van der Waals surface area contributed by atoms with Crippen molar-refractivity contribution in [2.75, 3.05) is 13.2 Å². The molecule has 0 saturated carbocycles. The van der Waals surface area contributed by atoms with E-state index in [1.165, 1.54) is 0 Å². The quantitative estimate of drug-likeness (QED) is 0.790. The van der Waals surface area contributed by atoms with Gasteiger partial charge in [0.2, 0.25) is 10.0 Å². The van der Waals surface area contributed by atoms with E-state index in [9.17, 15) is 8.42 Å². The molecule has 0 aromatic heterocycles. The average Bonchev–Trinajstić information content (AvgIpc) is 2.46. The van der Waals surface area contributed by atoms with E-state index in [1.54, 1.807) is 18.2 Å². The highest BCUT2D eigenvalue weighted by atomic mass is 32.2. The van der Waals surface area contributed by atoms with Crippen molar-refractivity contribution >= 4 is 10.0 Å². The second kappa shape index (κ2) is 8.18. The van der Waals surface area contributed by atoms with E-state index in [2.05, 4.69) is 16.6 Å². The third-order valence-electron chi connectivity index (χ3n) is 3.44. The Morgan fingerprint density at radius 2 is 1.95 bits per heavy atom. The van der Waals surface area contributed by atoms with Crippen molar-refractivity contribution in [1.82, 2.24) is 4.72 Å². The number of benzene rings is 1. The molecule has 0 unspecified atom stereocenters. The maximum atomic E-state index is 12.4. The highest BCUT2D eigenvalue weighted by Gasteiger charge is 2.18. The molecule has 1 aromatic rings. The van der Waals surface area contributed by atoms with Gasteiger partial charge in [0.15, 0.2) is 0 Å². The van der Waals surface area contributed by atoms with Gasteiger partial charge in [0.25, 0.3) is 0 Å². The van der Waals surface area contributed by atoms with Crippen LogP contribution in [0.15, 0.2) is 23.1 Å². The number of aliphatic hydroxyl groups excluding tert-OH is 1. The van der Waals surface area contributed by atoms with Crippen molar-refractivity contribution < 1.29 is 13.5 Å². The molecule has 1 aromatic carbocycles. The zero-order valence-corrected chi connectivity index (χ0v) is 13.6. The summed E-state index contributed by atoms with van der Waals surface area (Å²) in [7, 11) is -3.59. The SMILES string of the molecule is CCC(CC)CNS(=O)(=O)c1ccc(C)cc1C#CCO. The molecular weight excluding hydrogens is 286 g/mol. The zero-order valence-electron chi connectivity index (χ0n) is 12.8. The van der Waals surface area contributed by atoms with E-state index in [4.69, 9.17) is 5.11 Å². The third-order valence-corrected chi connectivity index (χ3v) is 4.93. The van der Waals surface area contributed by atoms with Crippen LogP contribution in [0.5, 0.6) is 0 Å². The number of hydrogen-bond donors (Lipinski definition) is 2. The second-order valence-corrected chi connectivity index (χ2v) is 6.73. The molecule has 0 atom stereocenters. The fourth-order valence-electron chi connectivity index (χ4n) is 1.99. The van der Waals surface area contributed by atoms with Gasteiger partial charge in [-0.05, 0) is 30.5 Å². The Morgan fingerprint density at radius 1 is 1.29 bits per heavy atom. The van der Waals surface area contributed by atoms with Crippen LogP contribution in [0.2, 0.25) is 0 Å². The van der Waals surface area contributed by atoms with Gasteiger partial charge >= 0.3 is 0 Å². The van der Waals surface area contributed by atoms with E-state index in [-0.39, 0.29) is 11.5 Å². The molecule has 0 amide bonds. The molecule has 5 heteroatoms. The molecular formula is C16H23NO3S. The Labute approximate surface area is 127 Å². The van der Waals surface area contributed by atoms with Crippen LogP contribution >= 0.6 is 0 Å². The first-order valence-electron chi connectivity index (χ1n) is 7.14.